The number of morpholine rings is 1. The average molecular weight is 469 g/mol. The van der Waals surface area contributed by atoms with E-state index in [-0.39, 0.29) is 5.91 Å². The van der Waals surface area contributed by atoms with Gasteiger partial charge in [-0.3, -0.25) is 14.6 Å². The van der Waals surface area contributed by atoms with Gasteiger partial charge in [0.2, 0.25) is 0 Å². The second-order valence-corrected chi connectivity index (χ2v) is 9.62. The molecule has 0 aliphatic carbocycles. The van der Waals surface area contributed by atoms with Crippen LogP contribution in [0.1, 0.15) is 16.2 Å². The normalized spacial score (nSPS) is 14.8. The number of hydrogen-bond acceptors (Lipinski definition) is 8. The zero-order chi connectivity index (χ0) is 21.9. The standard InChI is InChI=1S/C23H24N4O3S2/c1-29-16-7-8-18-20(15-16)32-23(25-18)27(10-4-9-26-11-13-30-14-12-26)22(28)21-24-17-5-2-3-6-19(17)31-21/h2-3,5-8,15H,4,9-14H2,1H3. The zero-order valence-electron chi connectivity index (χ0n) is 17.8. The Bertz CT molecular complexity index is 1200. The van der Waals surface area contributed by atoms with Crippen molar-refractivity contribution in [3.05, 3.63) is 47.5 Å². The van der Waals surface area contributed by atoms with Gasteiger partial charge in [-0.2, -0.15) is 0 Å². The number of rotatable bonds is 7. The smallest absolute Gasteiger partial charge is 0.289 e. The van der Waals surface area contributed by atoms with E-state index in [1.165, 1.54) is 22.7 Å². The molecule has 0 saturated carbocycles. The van der Waals surface area contributed by atoms with Gasteiger partial charge in [0.05, 0.1) is 40.8 Å². The van der Waals surface area contributed by atoms with E-state index >= 15 is 0 Å². The molecule has 1 aliphatic rings. The van der Waals surface area contributed by atoms with Crippen molar-refractivity contribution in [1.82, 2.24) is 14.9 Å². The van der Waals surface area contributed by atoms with Gasteiger partial charge in [0.1, 0.15) is 5.75 Å². The van der Waals surface area contributed by atoms with Gasteiger partial charge in [0.15, 0.2) is 10.1 Å². The average Bonchev–Trinajstić information content (AvgIpc) is 3.45. The predicted molar refractivity (Wildman–Crippen MR) is 129 cm³/mol. The number of hydrogen-bond donors (Lipinski definition) is 0. The summed E-state index contributed by atoms with van der Waals surface area (Å²) in [5, 5.41) is 1.19. The minimum absolute atomic E-state index is 0.0980. The molecule has 2 aromatic heterocycles. The number of anilines is 1. The summed E-state index contributed by atoms with van der Waals surface area (Å²) >= 11 is 2.94. The molecule has 4 aromatic rings. The SMILES string of the molecule is COc1ccc2nc(N(CCCN3CCOCC3)C(=O)c3nc4ccccc4s3)sc2c1. The molecule has 32 heavy (non-hydrogen) atoms. The van der Waals surface area contributed by atoms with Crippen molar-refractivity contribution in [2.45, 2.75) is 6.42 Å². The summed E-state index contributed by atoms with van der Waals surface area (Å²) < 4.78 is 12.8. The number of aromatic nitrogens is 2. The van der Waals surface area contributed by atoms with Crippen molar-refractivity contribution in [3.8, 4) is 5.75 Å². The Kier molecular flexibility index (Phi) is 6.31. The molecular formula is C23H24N4O3S2. The van der Waals surface area contributed by atoms with Crippen LogP contribution in [0.2, 0.25) is 0 Å². The number of amides is 1. The van der Waals surface area contributed by atoms with Crippen molar-refractivity contribution < 1.29 is 14.3 Å². The summed E-state index contributed by atoms with van der Waals surface area (Å²) in [5.41, 5.74) is 1.71. The number of benzene rings is 2. The van der Waals surface area contributed by atoms with Gasteiger partial charge < -0.3 is 9.47 Å². The third-order valence-corrected chi connectivity index (χ3v) is 7.56. The molecule has 0 radical (unpaired) electrons. The summed E-state index contributed by atoms with van der Waals surface area (Å²) in [6.07, 6.45) is 0.857. The Morgan fingerprint density at radius 2 is 1.91 bits per heavy atom. The van der Waals surface area contributed by atoms with Crippen LogP contribution in [0.4, 0.5) is 5.13 Å². The van der Waals surface area contributed by atoms with E-state index in [9.17, 15) is 4.79 Å². The van der Waals surface area contributed by atoms with Crippen molar-refractivity contribution in [2.75, 3.05) is 51.4 Å². The molecule has 2 aromatic carbocycles. The molecule has 0 atom stereocenters. The van der Waals surface area contributed by atoms with E-state index < -0.39 is 0 Å². The monoisotopic (exact) mass is 468 g/mol. The fraction of sp³-hybridized carbons (Fsp3) is 0.348. The summed E-state index contributed by atoms with van der Waals surface area (Å²) in [6, 6.07) is 13.6. The number of para-hydroxylation sites is 1. The molecule has 3 heterocycles. The lowest BCUT2D eigenvalue weighted by Crippen LogP contribution is -2.39. The molecule has 0 spiro atoms. The highest BCUT2D eigenvalue weighted by Crippen LogP contribution is 2.33. The Hall–Kier alpha value is -2.59. The summed E-state index contributed by atoms with van der Waals surface area (Å²) in [5.74, 6) is 0.684. The van der Waals surface area contributed by atoms with Crippen LogP contribution in [0.3, 0.4) is 0 Å². The lowest BCUT2D eigenvalue weighted by molar-refractivity contribution is 0.0376. The van der Waals surface area contributed by atoms with E-state index in [0.717, 1.165) is 65.5 Å². The lowest BCUT2D eigenvalue weighted by Gasteiger charge is -2.27. The van der Waals surface area contributed by atoms with Gasteiger partial charge in [-0.05, 0) is 36.8 Å². The van der Waals surface area contributed by atoms with E-state index in [1.807, 2.05) is 42.5 Å². The van der Waals surface area contributed by atoms with Crippen molar-refractivity contribution >= 4 is 54.1 Å². The van der Waals surface area contributed by atoms with Gasteiger partial charge in [-0.15, -0.1) is 11.3 Å². The number of nitrogens with zero attached hydrogens (tertiary/aromatic N) is 4. The third-order valence-electron chi connectivity index (χ3n) is 5.50. The molecule has 1 amide bonds. The molecule has 9 heteroatoms. The van der Waals surface area contributed by atoms with Gasteiger partial charge in [-0.25, -0.2) is 9.97 Å². The van der Waals surface area contributed by atoms with Crippen LogP contribution in [0.5, 0.6) is 5.75 Å². The first-order chi connectivity index (χ1) is 15.7. The van der Waals surface area contributed by atoms with Crippen LogP contribution in [0.25, 0.3) is 20.4 Å². The van der Waals surface area contributed by atoms with E-state index in [0.29, 0.717) is 16.7 Å². The zero-order valence-corrected chi connectivity index (χ0v) is 19.5. The quantitative estimate of drug-likeness (QED) is 0.403. The van der Waals surface area contributed by atoms with Gasteiger partial charge in [0.25, 0.3) is 5.91 Å². The molecule has 1 aliphatic heterocycles. The Morgan fingerprint density at radius 3 is 2.72 bits per heavy atom. The molecule has 7 nitrogen and oxygen atoms in total. The van der Waals surface area contributed by atoms with E-state index in [4.69, 9.17) is 14.5 Å². The Morgan fingerprint density at radius 1 is 1.09 bits per heavy atom. The van der Waals surface area contributed by atoms with Crippen LogP contribution >= 0.6 is 22.7 Å². The van der Waals surface area contributed by atoms with Gasteiger partial charge in [-0.1, -0.05) is 23.5 Å². The summed E-state index contributed by atoms with van der Waals surface area (Å²) in [7, 11) is 1.65. The highest BCUT2D eigenvalue weighted by Gasteiger charge is 2.24. The first kappa shape index (κ1) is 21.3. The van der Waals surface area contributed by atoms with E-state index in [1.54, 1.807) is 12.0 Å². The molecule has 0 N–H and O–H groups in total. The maximum Gasteiger partial charge on any atom is 0.289 e. The van der Waals surface area contributed by atoms with Crippen LogP contribution in [0, 0.1) is 0 Å². The number of ether oxygens (including phenoxy) is 2. The molecule has 0 bridgehead atoms. The highest BCUT2D eigenvalue weighted by atomic mass is 32.1. The predicted octanol–water partition coefficient (Wildman–Crippen LogP) is 4.28. The highest BCUT2D eigenvalue weighted by molar-refractivity contribution is 7.23. The Balaban J connectivity index is 1.42. The van der Waals surface area contributed by atoms with Crippen LogP contribution in [0.15, 0.2) is 42.5 Å². The summed E-state index contributed by atoms with van der Waals surface area (Å²) in [6.45, 7) is 4.93. The third kappa shape index (κ3) is 4.47. The maximum atomic E-state index is 13.6. The first-order valence-corrected chi connectivity index (χ1v) is 12.3. The number of carbonyl (C=O) groups excluding carboxylic acids is 1. The molecule has 1 fully saturated rings. The fourth-order valence-corrected chi connectivity index (χ4v) is 5.71. The van der Waals surface area contributed by atoms with Crippen molar-refractivity contribution in [3.63, 3.8) is 0 Å². The number of fused-ring (bicyclic) bond motifs is 2. The first-order valence-electron chi connectivity index (χ1n) is 10.6. The molecule has 5 rings (SSSR count). The van der Waals surface area contributed by atoms with Crippen LogP contribution < -0.4 is 9.64 Å². The second kappa shape index (κ2) is 9.50. The number of methoxy groups -OCH3 is 1. The number of carbonyl (C=O) groups is 1. The second-order valence-electron chi connectivity index (χ2n) is 7.58. The van der Waals surface area contributed by atoms with Crippen molar-refractivity contribution in [2.24, 2.45) is 0 Å². The largest absolute Gasteiger partial charge is 0.497 e. The minimum atomic E-state index is -0.0980. The van der Waals surface area contributed by atoms with Crippen LogP contribution in [-0.4, -0.2) is 67.3 Å². The topological polar surface area (TPSA) is 67.8 Å². The fourth-order valence-electron chi connectivity index (χ4n) is 3.78. The summed E-state index contributed by atoms with van der Waals surface area (Å²) in [4.78, 5) is 27.1. The van der Waals surface area contributed by atoms with Crippen LogP contribution in [-0.2, 0) is 4.74 Å². The molecule has 0 unspecified atom stereocenters. The van der Waals surface area contributed by atoms with Gasteiger partial charge >= 0.3 is 0 Å². The lowest BCUT2D eigenvalue weighted by atomic mass is 10.3. The molecular weight excluding hydrogens is 444 g/mol. The molecule has 166 valence electrons. The number of thiazole rings is 2. The minimum Gasteiger partial charge on any atom is -0.497 e. The Labute approximate surface area is 194 Å². The van der Waals surface area contributed by atoms with E-state index in [2.05, 4.69) is 9.88 Å². The van der Waals surface area contributed by atoms with Crippen molar-refractivity contribution in [1.29, 1.82) is 0 Å². The molecule has 1 saturated heterocycles. The van der Waals surface area contributed by atoms with Gasteiger partial charge in [0, 0.05) is 26.2 Å². The maximum absolute atomic E-state index is 13.6.